The minimum absolute atomic E-state index is 0.00237. The maximum atomic E-state index is 13.8. The van der Waals surface area contributed by atoms with Crippen molar-refractivity contribution < 1.29 is 33.0 Å². The highest BCUT2D eigenvalue weighted by atomic mass is 19.1. The van der Waals surface area contributed by atoms with E-state index in [-0.39, 0.29) is 49.4 Å². The van der Waals surface area contributed by atoms with Crippen LogP contribution in [0.5, 0.6) is 0 Å². The molecule has 1 saturated heterocycles. The third-order valence-electron chi connectivity index (χ3n) is 7.29. The quantitative estimate of drug-likeness (QED) is 0.335. The van der Waals surface area contributed by atoms with Gasteiger partial charge in [-0.25, -0.2) is 8.78 Å². The molecule has 2 unspecified atom stereocenters. The number of ether oxygens (including phenoxy) is 1. The SMILES string of the molecule is CC(=O)NC(Cc1cc(F)cc(F)c1)C(O)CN[C@]1(c2cccc(C(C)C)c2)CCN(CC(=O)OC(C)C)C(=O)C1. The van der Waals surface area contributed by atoms with E-state index in [1.54, 1.807) is 13.8 Å². The molecule has 41 heavy (non-hydrogen) atoms. The second-order valence-electron chi connectivity index (χ2n) is 11.4. The molecule has 0 aromatic heterocycles. The summed E-state index contributed by atoms with van der Waals surface area (Å²) in [5, 5.41) is 17.3. The summed E-state index contributed by atoms with van der Waals surface area (Å²) < 4.78 is 32.8. The molecule has 0 spiro atoms. The molecule has 3 N–H and O–H groups in total. The van der Waals surface area contributed by atoms with Crippen molar-refractivity contribution in [3.05, 3.63) is 70.8 Å². The Bertz CT molecular complexity index is 1220. The van der Waals surface area contributed by atoms with E-state index < -0.39 is 41.2 Å². The highest BCUT2D eigenvalue weighted by Crippen LogP contribution is 2.35. The van der Waals surface area contributed by atoms with Gasteiger partial charge in [0, 0.05) is 32.5 Å². The molecule has 0 radical (unpaired) electrons. The number of hydrogen-bond donors (Lipinski definition) is 3. The number of rotatable bonds is 12. The lowest BCUT2D eigenvalue weighted by Crippen LogP contribution is -2.57. The number of carbonyl (C=O) groups is 3. The van der Waals surface area contributed by atoms with Gasteiger partial charge in [-0.05, 0) is 61.4 Å². The number of benzene rings is 2. The standard InChI is InChI=1S/C31H41F2N3O5/c1-19(2)23-7-6-8-24(14-23)31(9-10-36(29(39)16-31)18-30(40)41-20(3)4)34-17-28(38)27(35-21(5)37)13-22-11-25(32)15-26(33)12-22/h6-8,11-12,14-15,19-20,27-28,34,38H,9-10,13,16-18H2,1-5H3,(H,35,37)/t27?,28?,31-/m1/s1. The summed E-state index contributed by atoms with van der Waals surface area (Å²) in [6.45, 7) is 9.08. The van der Waals surface area contributed by atoms with Gasteiger partial charge in [0.25, 0.3) is 0 Å². The molecule has 0 bridgehead atoms. The van der Waals surface area contributed by atoms with E-state index >= 15 is 0 Å². The summed E-state index contributed by atoms with van der Waals surface area (Å²) in [6, 6.07) is 10.2. The average molecular weight is 574 g/mol. The van der Waals surface area contributed by atoms with Crippen LogP contribution in [0.1, 0.15) is 70.1 Å². The minimum Gasteiger partial charge on any atom is -0.462 e. The molecule has 10 heteroatoms. The van der Waals surface area contributed by atoms with E-state index in [9.17, 15) is 28.3 Å². The van der Waals surface area contributed by atoms with Crippen molar-refractivity contribution in [1.29, 1.82) is 0 Å². The first-order chi connectivity index (χ1) is 19.3. The summed E-state index contributed by atoms with van der Waals surface area (Å²) in [6.07, 6.45) is -0.941. The molecular formula is C31H41F2N3O5. The van der Waals surface area contributed by atoms with E-state index in [1.807, 2.05) is 24.3 Å². The zero-order valence-corrected chi connectivity index (χ0v) is 24.4. The molecule has 2 aromatic rings. The molecule has 3 rings (SSSR count). The van der Waals surface area contributed by atoms with Gasteiger partial charge in [-0.1, -0.05) is 38.1 Å². The number of amides is 2. The Balaban J connectivity index is 1.84. The predicted molar refractivity (Wildman–Crippen MR) is 151 cm³/mol. The highest BCUT2D eigenvalue weighted by molar-refractivity contribution is 5.84. The van der Waals surface area contributed by atoms with Crippen LogP contribution in [0.25, 0.3) is 0 Å². The van der Waals surface area contributed by atoms with Gasteiger partial charge in [0.05, 0.1) is 23.8 Å². The summed E-state index contributed by atoms with van der Waals surface area (Å²) in [5.74, 6) is -2.36. The van der Waals surface area contributed by atoms with Crippen molar-refractivity contribution in [3.8, 4) is 0 Å². The van der Waals surface area contributed by atoms with Gasteiger partial charge in [0.2, 0.25) is 11.8 Å². The first kappa shape index (κ1) is 32.1. The third kappa shape index (κ3) is 9.06. The van der Waals surface area contributed by atoms with Crippen LogP contribution in [0.15, 0.2) is 42.5 Å². The molecule has 3 atom stereocenters. The fourth-order valence-electron chi connectivity index (χ4n) is 5.20. The monoisotopic (exact) mass is 573 g/mol. The number of likely N-dealkylation sites (tertiary alicyclic amines) is 1. The van der Waals surface area contributed by atoms with Crippen molar-refractivity contribution >= 4 is 17.8 Å². The van der Waals surface area contributed by atoms with Crippen LogP contribution < -0.4 is 10.6 Å². The van der Waals surface area contributed by atoms with E-state index in [0.717, 1.165) is 29.3 Å². The van der Waals surface area contributed by atoms with Crippen molar-refractivity contribution in [2.75, 3.05) is 19.6 Å². The number of esters is 1. The van der Waals surface area contributed by atoms with Gasteiger partial charge in [0.1, 0.15) is 18.2 Å². The number of nitrogens with one attached hydrogen (secondary N) is 2. The second-order valence-corrected chi connectivity index (χ2v) is 11.4. The molecule has 1 aliphatic heterocycles. The van der Waals surface area contributed by atoms with E-state index in [0.29, 0.717) is 13.0 Å². The van der Waals surface area contributed by atoms with Gasteiger partial charge < -0.3 is 25.4 Å². The normalized spacial score (nSPS) is 18.9. The lowest BCUT2D eigenvalue weighted by atomic mass is 9.79. The van der Waals surface area contributed by atoms with Crippen LogP contribution in [-0.2, 0) is 31.1 Å². The topological polar surface area (TPSA) is 108 Å². The summed E-state index contributed by atoms with van der Waals surface area (Å²) in [5.41, 5.74) is 1.39. The molecular weight excluding hydrogens is 532 g/mol. The fourth-order valence-corrected chi connectivity index (χ4v) is 5.20. The van der Waals surface area contributed by atoms with Crippen LogP contribution in [0.3, 0.4) is 0 Å². The van der Waals surface area contributed by atoms with Gasteiger partial charge in [-0.2, -0.15) is 0 Å². The molecule has 2 amide bonds. The molecule has 224 valence electrons. The summed E-state index contributed by atoms with van der Waals surface area (Å²) in [7, 11) is 0. The lowest BCUT2D eigenvalue weighted by Gasteiger charge is -2.43. The van der Waals surface area contributed by atoms with Crippen molar-refractivity contribution in [2.24, 2.45) is 0 Å². The molecule has 2 aromatic carbocycles. The van der Waals surface area contributed by atoms with Crippen LogP contribution >= 0.6 is 0 Å². The van der Waals surface area contributed by atoms with Crippen molar-refractivity contribution in [1.82, 2.24) is 15.5 Å². The number of piperidine rings is 1. The summed E-state index contributed by atoms with van der Waals surface area (Å²) >= 11 is 0. The number of aliphatic hydroxyl groups is 1. The van der Waals surface area contributed by atoms with E-state index in [1.165, 1.54) is 11.8 Å². The number of hydrogen-bond acceptors (Lipinski definition) is 6. The zero-order valence-electron chi connectivity index (χ0n) is 24.4. The molecule has 0 saturated carbocycles. The lowest BCUT2D eigenvalue weighted by molar-refractivity contribution is -0.154. The number of nitrogens with zero attached hydrogens (tertiary/aromatic N) is 1. The zero-order chi connectivity index (χ0) is 30.3. The van der Waals surface area contributed by atoms with Crippen LogP contribution in [-0.4, -0.2) is 65.7 Å². The van der Waals surface area contributed by atoms with E-state index in [4.69, 9.17) is 4.74 Å². The third-order valence-corrected chi connectivity index (χ3v) is 7.29. The molecule has 1 heterocycles. The maximum absolute atomic E-state index is 13.8. The van der Waals surface area contributed by atoms with Gasteiger partial charge in [-0.3, -0.25) is 14.4 Å². The van der Waals surface area contributed by atoms with Gasteiger partial charge in [0.15, 0.2) is 0 Å². The van der Waals surface area contributed by atoms with Crippen molar-refractivity contribution in [3.63, 3.8) is 0 Å². The average Bonchev–Trinajstić information content (AvgIpc) is 2.87. The molecule has 8 nitrogen and oxygen atoms in total. The smallest absolute Gasteiger partial charge is 0.325 e. The van der Waals surface area contributed by atoms with Gasteiger partial charge in [-0.15, -0.1) is 0 Å². The van der Waals surface area contributed by atoms with Gasteiger partial charge >= 0.3 is 5.97 Å². The number of aliphatic hydroxyl groups excluding tert-OH is 1. The Kier molecular flexibility index (Phi) is 11.0. The number of carbonyl (C=O) groups excluding carboxylic acids is 3. The van der Waals surface area contributed by atoms with Crippen LogP contribution in [0.4, 0.5) is 8.78 Å². The van der Waals surface area contributed by atoms with E-state index in [2.05, 4.69) is 24.5 Å². The first-order valence-corrected chi connectivity index (χ1v) is 14.0. The Morgan fingerprint density at radius 3 is 2.37 bits per heavy atom. The Morgan fingerprint density at radius 2 is 1.78 bits per heavy atom. The Morgan fingerprint density at radius 1 is 1.10 bits per heavy atom. The number of halogens is 2. The first-order valence-electron chi connectivity index (χ1n) is 14.0. The fraction of sp³-hybridized carbons (Fsp3) is 0.516. The second kappa shape index (κ2) is 14.0. The molecule has 0 aliphatic carbocycles. The Hall–Kier alpha value is -3.37. The minimum atomic E-state index is -1.15. The largest absolute Gasteiger partial charge is 0.462 e. The predicted octanol–water partition coefficient (Wildman–Crippen LogP) is 3.56. The maximum Gasteiger partial charge on any atom is 0.325 e. The molecule has 1 fully saturated rings. The van der Waals surface area contributed by atoms with Crippen molar-refractivity contribution in [2.45, 2.75) is 83.6 Å². The summed E-state index contributed by atoms with van der Waals surface area (Å²) in [4.78, 5) is 39.0. The highest BCUT2D eigenvalue weighted by Gasteiger charge is 2.41. The van der Waals surface area contributed by atoms with Crippen LogP contribution in [0, 0.1) is 11.6 Å². The van der Waals surface area contributed by atoms with Crippen LogP contribution in [0.2, 0.25) is 0 Å². The Labute approximate surface area is 240 Å². The molecule has 1 aliphatic rings.